The fourth-order valence-corrected chi connectivity index (χ4v) is 2.64. The molecule has 0 radical (unpaired) electrons. The third kappa shape index (κ3) is 3.33. The maximum absolute atomic E-state index is 10.4. The Morgan fingerprint density at radius 1 is 1.06 bits per heavy atom. The molecule has 0 saturated carbocycles. The van der Waals surface area contributed by atoms with Crippen LogP contribution in [0.15, 0.2) is 48.5 Å². The second-order valence-corrected chi connectivity index (χ2v) is 5.70. The molecule has 0 aliphatic rings. The van der Waals surface area contributed by atoms with Crippen LogP contribution in [0.5, 0.6) is 0 Å². The largest absolute Gasteiger partial charge is 0.384 e. The Morgan fingerprint density at radius 3 is 2.39 bits per heavy atom. The lowest BCUT2D eigenvalue weighted by molar-refractivity contribution is 0.220. The molecule has 0 aliphatic heterocycles. The van der Waals surface area contributed by atoms with Gasteiger partial charge in [0.15, 0.2) is 0 Å². The Hall–Kier alpha value is -0.870. The van der Waals surface area contributed by atoms with Crippen molar-refractivity contribution >= 4 is 22.6 Å². The van der Waals surface area contributed by atoms with Gasteiger partial charge in [-0.25, -0.2) is 0 Å². The second-order valence-electron chi connectivity index (χ2n) is 4.45. The summed E-state index contributed by atoms with van der Waals surface area (Å²) in [6, 6.07) is 16.3. The van der Waals surface area contributed by atoms with Crippen molar-refractivity contribution in [3.63, 3.8) is 0 Å². The molecule has 2 aromatic rings. The molecule has 1 nitrogen and oxygen atoms in total. The van der Waals surface area contributed by atoms with Crippen LogP contribution in [0.2, 0.25) is 0 Å². The number of hydrogen-bond donors (Lipinski definition) is 1. The zero-order valence-electron chi connectivity index (χ0n) is 10.4. The van der Waals surface area contributed by atoms with Gasteiger partial charge in [-0.2, -0.15) is 0 Å². The molecule has 94 valence electrons. The maximum Gasteiger partial charge on any atom is 0.104 e. The van der Waals surface area contributed by atoms with E-state index < -0.39 is 6.10 Å². The summed E-state index contributed by atoms with van der Waals surface area (Å²) in [5.74, 6) is 0. The molecule has 0 aliphatic carbocycles. The summed E-state index contributed by atoms with van der Waals surface area (Å²) in [5.41, 5.74) is 3.22. The standard InChI is InChI=1S/C16H17IO/c1-2-5-12-6-3-7-13(10-12)16(18)14-8-4-9-15(17)11-14/h3-4,6-11,16,18H,2,5H2,1H3. The van der Waals surface area contributed by atoms with Gasteiger partial charge in [0.1, 0.15) is 6.10 Å². The molecule has 1 unspecified atom stereocenters. The summed E-state index contributed by atoms with van der Waals surface area (Å²) >= 11 is 2.27. The molecule has 18 heavy (non-hydrogen) atoms. The Bertz CT molecular complexity index is 522. The van der Waals surface area contributed by atoms with Crippen molar-refractivity contribution in [2.75, 3.05) is 0 Å². The molecule has 0 fully saturated rings. The molecule has 0 aromatic heterocycles. The maximum atomic E-state index is 10.4. The van der Waals surface area contributed by atoms with E-state index in [1.165, 1.54) is 5.56 Å². The van der Waals surface area contributed by atoms with E-state index in [-0.39, 0.29) is 0 Å². The van der Waals surface area contributed by atoms with Crippen molar-refractivity contribution < 1.29 is 5.11 Å². The predicted molar refractivity (Wildman–Crippen MR) is 83.7 cm³/mol. The van der Waals surface area contributed by atoms with E-state index in [2.05, 4.69) is 41.6 Å². The van der Waals surface area contributed by atoms with Crippen molar-refractivity contribution in [1.29, 1.82) is 0 Å². The van der Waals surface area contributed by atoms with Gasteiger partial charge >= 0.3 is 0 Å². The summed E-state index contributed by atoms with van der Waals surface area (Å²) in [6.45, 7) is 2.17. The van der Waals surface area contributed by atoms with Crippen LogP contribution < -0.4 is 0 Å². The topological polar surface area (TPSA) is 20.2 Å². The molecule has 2 rings (SSSR count). The summed E-state index contributed by atoms with van der Waals surface area (Å²) < 4.78 is 1.15. The van der Waals surface area contributed by atoms with Gasteiger partial charge in [-0.3, -0.25) is 0 Å². The van der Waals surface area contributed by atoms with Gasteiger partial charge < -0.3 is 5.11 Å². The minimum atomic E-state index is -0.531. The van der Waals surface area contributed by atoms with Gasteiger partial charge in [-0.15, -0.1) is 0 Å². The highest BCUT2D eigenvalue weighted by Gasteiger charge is 2.10. The number of aryl methyl sites for hydroxylation is 1. The summed E-state index contributed by atoms with van der Waals surface area (Å²) in [4.78, 5) is 0. The Balaban J connectivity index is 2.27. The molecule has 0 amide bonds. The Morgan fingerprint density at radius 2 is 1.72 bits per heavy atom. The van der Waals surface area contributed by atoms with E-state index in [1.54, 1.807) is 0 Å². The van der Waals surface area contributed by atoms with E-state index in [4.69, 9.17) is 0 Å². The number of hydrogen-bond acceptors (Lipinski definition) is 1. The molecule has 2 heteroatoms. The van der Waals surface area contributed by atoms with E-state index in [0.717, 1.165) is 27.5 Å². The Kier molecular flexibility index (Phi) is 4.78. The van der Waals surface area contributed by atoms with Crippen molar-refractivity contribution in [3.8, 4) is 0 Å². The first-order valence-corrected chi connectivity index (χ1v) is 7.31. The highest BCUT2D eigenvalue weighted by Crippen LogP contribution is 2.24. The van der Waals surface area contributed by atoms with Gasteiger partial charge in [-0.05, 0) is 57.8 Å². The predicted octanol–water partition coefficient (Wildman–Crippen LogP) is 4.33. The van der Waals surface area contributed by atoms with Crippen LogP contribution in [0, 0.1) is 3.57 Å². The average Bonchev–Trinajstić information content (AvgIpc) is 2.39. The van der Waals surface area contributed by atoms with Gasteiger partial charge in [0, 0.05) is 3.57 Å². The second kappa shape index (κ2) is 6.34. The fourth-order valence-electron chi connectivity index (χ4n) is 2.08. The van der Waals surface area contributed by atoms with Crippen LogP contribution in [-0.2, 0) is 6.42 Å². The van der Waals surface area contributed by atoms with Crippen LogP contribution in [0.1, 0.15) is 36.1 Å². The number of halogens is 1. The number of aliphatic hydroxyl groups excluding tert-OH is 1. The summed E-state index contributed by atoms with van der Waals surface area (Å²) in [6.07, 6.45) is 1.66. The van der Waals surface area contributed by atoms with Crippen molar-refractivity contribution in [1.82, 2.24) is 0 Å². The summed E-state index contributed by atoms with van der Waals surface area (Å²) in [7, 11) is 0. The zero-order chi connectivity index (χ0) is 13.0. The molecule has 2 aromatic carbocycles. The van der Waals surface area contributed by atoms with Crippen molar-refractivity contribution in [2.24, 2.45) is 0 Å². The minimum Gasteiger partial charge on any atom is -0.384 e. The Labute approximate surface area is 122 Å². The molecular formula is C16H17IO. The number of aliphatic hydroxyl groups is 1. The first-order valence-electron chi connectivity index (χ1n) is 6.23. The van der Waals surface area contributed by atoms with Gasteiger partial charge in [0.25, 0.3) is 0 Å². The third-order valence-corrected chi connectivity index (χ3v) is 3.64. The highest BCUT2D eigenvalue weighted by atomic mass is 127. The molecule has 0 spiro atoms. The van der Waals surface area contributed by atoms with Crippen LogP contribution in [-0.4, -0.2) is 5.11 Å². The van der Waals surface area contributed by atoms with Crippen LogP contribution in [0.4, 0.5) is 0 Å². The normalized spacial score (nSPS) is 12.4. The lowest BCUT2D eigenvalue weighted by atomic mass is 9.98. The van der Waals surface area contributed by atoms with Crippen LogP contribution in [0.3, 0.4) is 0 Å². The van der Waals surface area contributed by atoms with Crippen molar-refractivity contribution in [3.05, 3.63) is 68.8 Å². The lowest BCUT2D eigenvalue weighted by Gasteiger charge is -2.13. The smallest absolute Gasteiger partial charge is 0.104 e. The minimum absolute atomic E-state index is 0.531. The fraction of sp³-hybridized carbons (Fsp3) is 0.250. The summed E-state index contributed by atoms with van der Waals surface area (Å²) in [5, 5.41) is 10.4. The highest BCUT2D eigenvalue weighted by molar-refractivity contribution is 14.1. The van der Waals surface area contributed by atoms with Gasteiger partial charge in [-0.1, -0.05) is 49.7 Å². The molecule has 1 N–H and O–H groups in total. The first-order chi connectivity index (χ1) is 8.70. The third-order valence-electron chi connectivity index (χ3n) is 2.97. The molecule has 0 bridgehead atoms. The van der Waals surface area contributed by atoms with Gasteiger partial charge in [0.05, 0.1) is 0 Å². The van der Waals surface area contributed by atoms with Gasteiger partial charge in [0.2, 0.25) is 0 Å². The molecule has 1 atom stereocenters. The van der Waals surface area contributed by atoms with Crippen molar-refractivity contribution in [2.45, 2.75) is 25.9 Å². The van der Waals surface area contributed by atoms with E-state index in [9.17, 15) is 5.11 Å². The number of benzene rings is 2. The van der Waals surface area contributed by atoms with E-state index in [1.807, 2.05) is 36.4 Å². The molecule has 0 saturated heterocycles. The van der Waals surface area contributed by atoms with E-state index in [0.29, 0.717) is 0 Å². The molecular weight excluding hydrogens is 335 g/mol. The lowest BCUT2D eigenvalue weighted by Crippen LogP contribution is -2.00. The van der Waals surface area contributed by atoms with Crippen LogP contribution in [0.25, 0.3) is 0 Å². The zero-order valence-corrected chi connectivity index (χ0v) is 12.6. The quantitative estimate of drug-likeness (QED) is 0.813. The number of rotatable bonds is 4. The monoisotopic (exact) mass is 352 g/mol. The molecule has 0 heterocycles. The van der Waals surface area contributed by atoms with Crippen LogP contribution >= 0.6 is 22.6 Å². The SMILES string of the molecule is CCCc1cccc(C(O)c2cccc(I)c2)c1. The average molecular weight is 352 g/mol. The van der Waals surface area contributed by atoms with E-state index >= 15 is 0 Å². The first kappa shape index (κ1) is 13.6.